The number of carbonyl (C=O) groups excluding carboxylic acids is 9. The van der Waals surface area contributed by atoms with Gasteiger partial charge in [0.1, 0.15) is 42.3 Å². The maximum atomic E-state index is 14.1. The molecule has 63 heavy (non-hydrogen) atoms. The van der Waals surface area contributed by atoms with Gasteiger partial charge in [0.25, 0.3) is 0 Å². The molecule has 1 heterocycles. The van der Waals surface area contributed by atoms with E-state index in [0.29, 0.717) is 51.6 Å². The molecule has 0 aromatic rings. The number of nitrogens with zero attached hydrogens (tertiary/aromatic N) is 2. The SMILES string of the molecule is CCC[C@H](NC(=O)[C@@H](NC(=O)[C@@H](NC(=O)[C@H](CCC(N)=O)NC(C)=O)C(C)CC)[C@@H](C)O)C(=O)N[C@H](C(=O)N[C@@H](CCCN=C(N)N)C(=O)N1CCC[C@H]1C(=O)NCC)[C@@H](C)CC. The molecule has 1 unspecified atom stereocenters. The second kappa shape index (κ2) is 28.2. The third-order valence-corrected chi connectivity index (χ3v) is 11.0. The van der Waals surface area contributed by atoms with E-state index in [1.807, 2.05) is 6.92 Å². The molecule has 0 aliphatic carbocycles. The van der Waals surface area contributed by atoms with Crippen LogP contribution in [0.15, 0.2) is 4.99 Å². The predicted molar refractivity (Wildman–Crippen MR) is 235 cm³/mol. The van der Waals surface area contributed by atoms with E-state index >= 15 is 0 Å². The predicted octanol–water partition coefficient (Wildman–Crippen LogP) is -2.37. The lowest BCUT2D eigenvalue weighted by Gasteiger charge is -2.32. The van der Waals surface area contributed by atoms with E-state index in [0.717, 1.165) is 0 Å². The molecule has 358 valence electrons. The van der Waals surface area contributed by atoms with E-state index in [9.17, 15) is 48.3 Å². The van der Waals surface area contributed by atoms with Crippen molar-refractivity contribution in [3.05, 3.63) is 0 Å². The van der Waals surface area contributed by atoms with Crippen LogP contribution in [0.5, 0.6) is 0 Å². The zero-order valence-electron chi connectivity index (χ0n) is 38.2. The average molecular weight is 895 g/mol. The molecule has 0 saturated carbocycles. The number of aliphatic hydroxyl groups excluding tert-OH is 1. The number of hydrogen-bond acceptors (Lipinski definition) is 11. The van der Waals surface area contributed by atoms with Crippen LogP contribution >= 0.6 is 0 Å². The number of primary amides is 1. The summed E-state index contributed by atoms with van der Waals surface area (Å²) in [5.74, 6) is -7.08. The molecule has 1 aliphatic rings. The third-order valence-electron chi connectivity index (χ3n) is 11.0. The minimum absolute atomic E-state index is 0.0936. The monoisotopic (exact) mass is 895 g/mol. The Morgan fingerprint density at radius 3 is 1.67 bits per heavy atom. The standard InChI is InChI=1S/C41H74N12O10/c1-9-15-26(48-39(62)33(24(7)54)52-38(61)32(23(6)11-3)51-35(58)27(47-25(8)55)18-19-30(42)56)34(57)50-31(22(5)10-2)37(60)49-28(16-13-20-46-41(43)44)40(63)53-21-14-17-29(53)36(59)45-12-4/h22-24,26-29,31-33,54H,9-21H2,1-8H3,(H2,42,56)(H,45,59)(H,47,55)(H,48,62)(H,49,60)(H,50,57)(H,51,58)(H,52,61)(H4,43,44,46)/t22-,23?,24+,26-,27-,28-,29-,31-,32-,33-/m0/s1. The Kier molecular flexibility index (Phi) is 24.8. The molecule has 0 spiro atoms. The number of rotatable bonds is 28. The lowest BCUT2D eigenvalue weighted by molar-refractivity contribution is -0.142. The molecular weight excluding hydrogens is 821 g/mol. The molecule has 1 aliphatic heterocycles. The molecule has 1 rings (SSSR count). The van der Waals surface area contributed by atoms with Crippen LogP contribution in [0.3, 0.4) is 0 Å². The maximum Gasteiger partial charge on any atom is 0.245 e. The average Bonchev–Trinajstić information content (AvgIpc) is 3.72. The first-order valence-electron chi connectivity index (χ1n) is 22.0. The lowest BCUT2D eigenvalue weighted by Crippen LogP contribution is -2.62. The molecule has 14 N–H and O–H groups in total. The van der Waals surface area contributed by atoms with Crippen molar-refractivity contribution < 1.29 is 48.3 Å². The van der Waals surface area contributed by atoms with E-state index in [-0.39, 0.29) is 44.1 Å². The van der Waals surface area contributed by atoms with Crippen LogP contribution in [0.2, 0.25) is 0 Å². The van der Waals surface area contributed by atoms with E-state index in [2.05, 4.69) is 42.2 Å². The number of guanidine groups is 1. The van der Waals surface area contributed by atoms with Gasteiger partial charge in [-0.25, -0.2) is 0 Å². The highest BCUT2D eigenvalue weighted by Gasteiger charge is 2.40. The molecule has 22 nitrogen and oxygen atoms in total. The number of nitrogens with one attached hydrogen (secondary N) is 7. The lowest BCUT2D eigenvalue weighted by atomic mass is 9.96. The highest BCUT2D eigenvalue weighted by atomic mass is 16.3. The molecule has 22 heteroatoms. The van der Waals surface area contributed by atoms with Crippen molar-refractivity contribution >= 4 is 59.1 Å². The summed E-state index contributed by atoms with van der Waals surface area (Å²) in [7, 11) is 0. The van der Waals surface area contributed by atoms with Crippen LogP contribution in [0.4, 0.5) is 0 Å². The van der Waals surface area contributed by atoms with Gasteiger partial charge in [-0.1, -0.05) is 53.9 Å². The topological polar surface area (TPSA) is 352 Å². The van der Waals surface area contributed by atoms with Crippen LogP contribution in [0.25, 0.3) is 0 Å². The van der Waals surface area contributed by atoms with Crippen molar-refractivity contribution in [3.8, 4) is 0 Å². The number of aliphatic hydroxyl groups is 1. The number of carbonyl (C=O) groups is 9. The van der Waals surface area contributed by atoms with E-state index in [1.54, 1.807) is 34.6 Å². The zero-order chi connectivity index (χ0) is 48.0. The fourth-order valence-corrected chi connectivity index (χ4v) is 7.00. The van der Waals surface area contributed by atoms with Crippen LogP contribution in [0, 0.1) is 11.8 Å². The first-order valence-corrected chi connectivity index (χ1v) is 22.0. The maximum absolute atomic E-state index is 14.1. The number of likely N-dealkylation sites (N-methyl/N-ethyl adjacent to an activating group) is 1. The van der Waals surface area contributed by atoms with Crippen LogP contribution in [0.1, 0.15) is 120 Å². The summed E-state index contributed by atoms with van der Waals surface area (Å²) in [5, 5.41) is 29.1. The Morgan fingerprint density at radius 2 is 1.19 bits per heavy atom. The second-order valence-electron chi connectivity index (χ2n) is 16.2. The van der Waals surface area contributed by atoms with Crippen molar-refractivity contribution in [2.24, 2.45) is 34.0 Å². The molecule has 9 amide bonds. The van der Waals surface area contributed by atoms with Crippen LogP contribution in [-0.4, -0.2) is 137 Å². The summed E-state index contributed by atoms with van der Waals surface area (Å²) in [6, 6.07) is -8.29. The van der Waals surface area contributed by atoms with Gasteiger partial charge in [0.15, 0.2) is 5.96 Å². The smallest absolute Gasteiger partial charge is 0.245 e. The van der Waals surface area contributed by atoms with Crippen LogP contribution in [-0.2, 0) is 43.2 Å². The fourth-order valence-electron chi connectivity index (χ4n) is 7.00. The summed E-state index contributed by atoms with van der Waals surface area (Å²) in [4.78, 5) is 124. The summed E-state index contributed by atoms with van der Waals surface area (Å²) in [6.45, 7) is 13.8. The molecule has 0 bridgehead atoms. The quantitative estimate of drug-likeness (QED) is 0.0223. The Balaban J connectivity index is 3.35. The third kappa shape index (κ3) is 18.8. The van der Waals surface area contributed by atoms with E-state index in [1.165, 1.54) is 18.7 Å². The van der Waals surface area contributed by atoms with Crippen molar-refractivity contribution in [1.82, 2.24) is 42.1 Å². The van der Waals surface area contributed by atoms with E-state index < -0.39 is 107 Å². The number of likely N-dealkylation sites (tertiary alicyclic amines) is 1. The highest BCUT2D eigenvalue weighted by Crippen LogP contribution is 2.21. The Labute approximate surface area is 370 Å². The summed E-state index contributed by atoms with van der Waals surface area (Å²) >= 11 is 0. The summed E-state index contributed by atoms with van der Waals surface area (Å²) < 4.78 is 0. The normalized spacial score (nSPS) is 17.7. The molecule has 0 aromatic carbocycles. The van der Waals surface area contributed by atoms with Crippen molar-refractivity contribution in [2.45, 2.75) is 168 Å². The Bertz CT molecular complexity index is 1610. The molecular formula is C41H74N12O10. The molecule has 1 saturated heterocycles. The fraction of sp³-hybridized carbons (Fsp3) is 0.756. The largest absolute Gasteiger partial charge is 0.391 e. The second-order valence-corrected chi connectivity index (χ2v) is 16.2. The first-order chi connectivity index (χ1) is 29.6. The molecule has 10 atom stereocenters. The van der Waals surface area contributed by atoms with Gasteiger partial charge >= 0.3 is 0 Å². The first kappa shape index (κ1) is 55.5. The highest BCUT2D eigenvalue weighted by molar-refractivity contribution is 5.98. The van der Waals surface area contributed by atoms with Crippen molar-refractivity contribution in [2.75, 3.05) is 19.6 Å². The minimum Gasteiger partial charge on any atom is -0.391 e. The van der Waals surface area contributed by atoms with Gasteiger partial charge in [0, 0.05) is 33.0 Å². The van der Waals surface area contributed by atoms with Gasteiger partial charge in [-0.15, -0.1) is 0 Å². The Hall–Kier alpha value is -5.54. The number of nitrogens with two attached hydrogens (primary N) is 3. The summed E-state index contributed by atoms with van der Waals surface area (Å²) in [5.41, 5.74) is 16.2. The van der Waals surface area contributed by atoms with Crippen molar-refractivity contribution in [1.29, 1.82) is 0 Å². The zero-order valence-corrected chi connectivity index (χ0v) is 38.2. The number of hydrogen-bond donors (Lipinski definition) is 11. The van der Waals surface area contributed by atoms with E-state index in [4.69, 9.17) is 17.2 Å². The molecule has 0 aromatic heterocycles. The van der Waals surface area contributed by atoms with Gasteiger partial charge in [-0.2, -0.15) is 0 Å². The van der Waals surface area contributed by atoms with Gasteiger partial charge in [-0.3, -0.25) is 48.1 Å². The number of amides is 9. The van der Waals surface area contributed by atoms with Gasteiger partial charge in [0.05, 0.1) is 6.10 Å². The molecule has 0 radical (unpaired) electrons. The molecule has 1 fully saturated rings. The number of aliphatic imine (C=N–C) groups is 1. The van der Waals surface area contributed by atoms with Gasteiger partial charge in [-0.05, 0) is 64.2 Å². The minimum atomic E-state index is -1.61. The van der Waals surface area contributed by atoms with Crippen molar-refractivity contribution in [3.63, 3.8) is 0 Å². The van der Waals surface area contributed by atoms with Gasteiger partial charge in [0.2, 0.25) is 53.2 Å². The van der Waals surface area contributed by atoms with Gasteiger partial charge < -0.3 is 64.4 Å². The Morgan fingerprint density at radius 1 is 0.683 bits per heavy atom. The van der Waals surface area contributed by atoms with Crippen LogP contribution < -0.4 is 54.4 Å². The summed E-state index contributed by atoms with van der Waals surface area (Å²) in [6.07, 6.45) is 0.936.